The van der Waals surface area contributed by atoms with E-state index in [4.69, 9.17) is 16.3 Å². The number of anilines is 1. The van der Waals surface area contributed by atoms with E-state index in [1.165, 1.54) is 24.1 Å². The van der Waals surface area contributed by atoms with Gasteiger partial charge in [0.25, 0.3) is 10.0 Å². The second kappa shape index (κ2) is 14.6. The van der Waals surface area contributed by atoms with Crippen molar-refractivity contribution < 1.29 is 22.7 Å². The highest BCUT2D eigenvalue weighted by Crippen LogP contribution is 2.28. The Bertz CT molecular complexity index is 1690. The highest BCUT2D eigenvalue weighted by atomic mass is 35.5. The largest absolute Gasteiger partial charge is 0.497 e. The number of nitrogens with one attached hydrogen (secondary N) is 1. The lowest BCUT2D eigenvalue weighted by Gasteiger charge is -2.35. The first-order valence-corrected chi connectivity index (χ1v) is 16.3. The number of rotatable bonds is 12. The summed E-state index contributed by atoms with van der Waals surface area (Å²) in [5.41, 5.74) is 1.25. The van der Waals surface area contributed by atoms with Crippen LogP contribution in [0.3, 0.4) is 0 Å². The van der Waals surface area contributed by atoms with Crippen LogP contribution in [-0.4, -0.2) is 50.4 Å². The van der Waals surface area contributed by atoms with E-state index < -0.39 is 34.1 Å². The maximum Gasteiger partial charge on any atom is 0.264 e. The molecule has 0 spiro atoms. The molecule has 4 aromatic carbocycles. The quantitative estimate of drug-likeness (QED) is 0.201. The highest BCUT2D eigenvalue weighted by molar-refractivity contribution is 7.92. The Labute approximate surface area is 270 Å². The van der Waals surface area contributed by atoms with Crippen molar-refractivity contribution in [3.05, 3.63) is 125 Å². The van der Waals surface area contributed by atoms with Gasteiger partial charge in [0.2, 0.25) is 11.8 Å². The smallest absolute Gasteiger partial charge is 0.264 e. The van der Waals surface area contributed by atoms with E-state index in [0.29, 0.717) is 10.8 Å². The molecule has 0 unspecified atom stereocenters. The van der Waals surface area contributed by atoms with E-state index in [1.54, 1.807) is 66.7 Å². The van der Waals surface area contributed by atoms with Crippen LogP contribution in [0, 0.1) is 0 Å². The Morgan fingerprint density at radius 3 is 2.07 bits per heavy atom. The van der Waals surface area contributed by atoms with Crippen LogP contribution in [0.4, 0.5) is 5.69 Å². The van der Waals surface area contributed by atoms with Gasteiger partial charge in [-0.3, -0.25) is 13.9 Å². The van der Waals surface area contributed by atoms with Crippen molar-refractivity contribution in [2.75, 3.05) is 18.0 Å². The van der Waals surface area contributed by atoms with Crippen LogP contribution in [0.2, 0.25) is 5.02 Å². The minimum absolute atomic E-state index is 0.0242. The molecule has 2 amide bonds. The van der Waals surface area contributed by atoms with Gasteiger partial charge < -0.3 is 15.0 Å². The molecule has 4 aromatic rings. The van der Waals surface area contributed by atoms with Crippen molar-refractivity contribution in [1.29, 1.82) is 0 Å². The molecule has 0 aliphatic carbocycles. The SMILES string of the molecule is COc1cccc(N(CC(=O)N(Cc2ccc(Cl)cc2)[C@@H](Cc2ccccc2)C(=O)NC(C)(C)C)S(=O)(=O)c2ccccc2)c1. The number of amides is 2. The van der Waals surface area contributed by atoms with Crippen LogP contribution in [0.15, 0.2) is 114 Å². The molecule has 0 heterocycles. The summed E-state index contributed by atoms with van der Waals surface area (Å²) in [7, 11) is -2.73. The van der Waals surface area contributed by atoms with Crippen LogP contribution in [-0.2, 0) is 32.6 Å². The maximum absolute atomic E-state index is 14.5. The van der Waals surface area contributed by atoms with Crippen molar-refractivity contribution in [2.24, 2.45) is 0 Å². The van der Waals surface area contributed by atoms with Crippen LogP contribution in [0.1, 0.15) is 31.9 Å². The zero-order valence-corrected chi connectivity index (χ0v) is 27.4. The molecule has 4 rings (SSSR count). The second-order valence-electron chi connectivity index (χ2n) is 11.6. The second-order valence-corrected chi connectivity index (χ2v) is 13.9. The summed E-state index contributed by atoms with van der Waals surface area (Å²) in [5.74, 6) is -0.484. The van der Waals surface area contributed by atoms with Crippen molar-refractivity contribution in [3.63, 3.8) is 0 Å². The number of hydrogen-bond donors (Lipinski definition) is 1. The molecule has 236 valence electrons. The summed E-state index contributed by atoms with van der Waals surface area (Å²) in [4.78, 5) is 29.9. The van der Waals surface area contributed by atoms with Crippen LogP contribution >= 0.6 is 11.6 Å². The number of ether oxygens (including phenoxy) is 1. The third kappa shape index (κ3) is 9.09. The van der Waals surface area contributed by atoms with E-state index in [0.717, 1.165) is 15.4 Å². The zero-order chi connectivity index (χ0) is 32.6. The molecule has 10 heteroatoms. The summed E-state index contributed by atoms with van der Waals surface area (Å²) >= 11 is 6.15. The Balaban J connectivity index is 1.82. The van der Waals surface area contributed by atoms with E-state index in [2.05, 4.69) is 5.32 Å². The average molecular weight is 648 g/mol. The molecule has 0 saturated carbocycles. The Morgan fingerprint density at radius 1 is 0.844 bits per heavy atom. The lowest BCUT2D eigenvalue weighted by Crippen LogP contribution is -2.56. The molecule has 0 radical (unpaired) electrons. The number of nitrogens with zero attached hydrogens (tertiary/aromatic N) is 2. The van der Waals surface area contributed by atoms with Crippen LogP contribution in [0.5, 0.6) is 5.75 Å². The van der Waals surface area contributed by atoms with E-state index >= 15 is 0 Å². The zero-order valence-electron chi connectivity index (χ0n) is 25.8. The molecule has 0 fully saturated rings. The summed E-state index contributed by atoms with van der Waals surface area (Å²) < 4.78 is 34.6. The molecular weight excluding hydrogens is 610 g/mol. The predicted octanol–water partition coefficient (Wildman–Crippen LogP) is 6.10. The number of carbonyl (C=O) groups is 2. The van der Waals surface area contributed by atoms with Gasteiger partial charge in [-0.05, 0) is 68.3 Å². The fourth-order valence-corrected chi connectivity index (χ4v) is 6.36. The number of methoxy groups -OCH3 is 1. The van der Waals surface area contributed by atoms with Gasteiger partial charge in [0.05, 0.1) is 17.7 Å². The van der Waals surface area contributed by atoms with Gasteiger partial charge in [-0.2, -0.15) is 0 Å². The summed E-state index contributed by atoms with van der Waals surface area (Å²) in [6.45, 7) is 5.08. The molecule has 0 bridgehead atoms. The third-order valence-electron chi connectivity index (χ3n) is 6.99. The van der Waals surface area contributed by atoms with Gasteiger partial charge in [0.1, 0.15) is 18.3 Å². The lowest BCUT2D eigenvalue weighted by atomic mass is 10.0. The molecule has 0 saturated heterocycles. The normalized spacial score (nSPS) is 12.2. The summed E-state index contributed by atoms with van der Waals surface area (Å²) in [5, 5.41) is 3.55. The Kier molecular flexibility index (Phi) is 10.9. The molecule has 8 nitrogen and oxygen atoms in total. The van der Waals surface area contributed by atoms with Gasteiger partial charge in [0, 0.05) is 29.6 Å². The minimum Gasteiger partial charge on any atom is -0.497 e. The monoisotopic (exact) mass is 647 g/mol. The van der Waals surface area contributed by atoms with E-state index in [9.17, 15) is 18.0 Å². The van der Waals surface area contributed by atoms with Crippen LogP contribution < -0.4 is 14.4 Å². The molecule has 45 heavy (non-hydrogen) atoms. The predicted molar refractivity (Wildman–Crippen MR) is 178 cm³/mol. The maximum atomic E-state index is 14.5. The third-order valence-corrected chi connectivity index (χ3v) is 9.03. The first-order chi connectivity index (χ1) is 21.4. The fourth-order valence-electron chi connectivity index (χ4n) is 4.81. The average Bonchev–Trinajstić information content (AvgIpc) is 3.02. The molecule has 0 aromatic heterocycles. The Hall–Kier alpha value is -4.34. The lowest BCUT2D eigenvalue weighted by molar-refractivity contribution is -0.140. The Morgan fingerprint density at radius 2 is 1.47 bits per heavy atom. The van der Waals surface area contributed by atoms with Gasteiger partial charge in [0.15, 0.2) is 0 Å². The van der Waals surface area contributed by atoms with Gasteiger partial charge in [-0.25, -0.2) is 8.42 Å². The number of hydrogen-bond acceptors (Lipinski definition) is 5. The van der Waals surface area contributed by atoms with Gasteiger partial charge in [-0.1, -0.05) is 78.3 Å². The number of sulfonamides is 1. The minimum atomic E-state index is -4.21. The highest BCUT2D eigenvalue weighted by Gasteiger charge is 2.35. The van der Waals surface area contributed by atoms with E-state index in [-0.39, 0.29) is 29.5 Å². The summed E-state index contributed by atoms with van der Waals surface area (Å²) in [6, 6.07) is 29.9. The number of benzene rings is 4. The van der Waals surface area contributed by atoms with Crippen molar-refractivity contribution in [1.82, 2.24) is 10.2 Å². The molecule has 1 atom stereocenters. The topological polar surface area (TPSA) is 96.0 Å². The fraction of sp³-hybridized carbons (Fsp3) is 0.257. The number of carbonyl (C=O) groups excluding carboxylic acids is 2. The first kappa shape index (κ1) is 33.6. The molecular formula is C35H38ClN3O5S. The van der Waals surface area contributed by atoms with Crippen LogP contribution in [0.25, 0.3) is 0 Å². The van der Waals surface area contributed by atoms with Gasteiger partial charge >= 0.3 is 0 Å². The first-order valence-electron chi connectivity index (χ1n) is 14.5. The van der Waals surface area contributed by atoms with Gasteiger partial charge in [-0.15, -0.1) is 0 Å². The molecule has 0 aliphatic heterocycles. The van der Waals surface area contributed by atoms with Crippen molar-refractivity contribution >= 4 is 39.1 Å². The van der Waals surface area contributed by atoms with Crippen molar-refractivity contribution in [2.45, 2.75) is 50.2 Å². The summed E-state index contributed by atoms with van der Waals surface area (Å²) in [6.07, 6.45) is 0.215. The number of halogens is 1. The van der Waals surface area contributed by atoms with Crippen molar-refractivity contribution in [3.8, 4) is 5.75 Å². The molecule has 0 aliphatic rings. The molecule has 1 N–H and O–H groups in total. The van der Waals surface area contributed by atoms with E-state index in [1.807, 2.05) is 51.1 Å². The standard InChI is InChI=1S/C35H38ClN3O5S/c1-35(2,3)37-34(41)32(22-26-12-7-5-8-13-26)38(24-27-18-20-28(36)21-19-27)33(40)25-39(29-14-11-15-30(23-29)44-4)45(42,43)31-16-9-6-10-17-31/h5-21,23,32H,22,24-25H2,1-4H3,(H,37,41)/t32-/m0/s1.